The third kappa shape index (κ3) is 4.62. The predicted octanol–water partition coefficient (Wildman–Crippen LogP) is 3.14. The van der Waals surface area contributed by atoms with Gasteiger partial charge in [-0.05, 0) is 38.0 Å². The van der Waals surface area contributed by atoms with Crippen LogP contribution in [0.5, 0.6) is 0 Å². The second-order valence-corrected chi connectivity index (χ2v) is 7.31. The smallest absolute Gasteiger partial charge is 0.225 e. The fourth-order valence-corrected chi connectivity index (χ4v) is 3.74. The van der Waals surface area contributed by atoms with Crippen molar-refractivity contribution in [3.8, 4) is 0 Å². The number of methoxy groups -OCH3 is 1. The minimum atomic E-state index is -0.312. The second-order valence-electron chi connectivity index (χ2n) is 7.31. The maximum absolute atomic E-state index is 13.0. The first-order valence-corrected chi connectivity index (χ1v) is 9.67. The molecule has 1 saturated heterocycles. The number of ether oxygens (including phenoxy) is 1. The van der Waals surface area contributed by atoms with Crippen molar-refractivity contribution in [1.82, 2.24) is 10.2 Å². The number of rotatable bonds is 7. The van der Waals surface area contributed by atoms with Gasteiger partial charge in [0.2, 0.25) is 11.8 Å². The lowest BCUT2D eigenvalue weighted by Crippen LogP contribution is -2.49. The van der Waals surface area contributed by atoms with Gasteiger partial charge in [0.15, 0.2) is 0 Å². The zero-order valence-corrected chi connectivity index (χ0v) is 16.7. The van der Waals surface area contributed by atoms with E-state index in [0.717, 1.165) is 22.6 Å². The Labute approximate surface area is 165 Å². The van der Waals surface area contributed by atoms with E-state index in [2.05, 4.69) is 5.32 Å². The number of likely N-dealkylation sites (tertiary alicyclic amines) is 1. The van der Waals surface area contributed by atoms with Gasteiger partial charge in [-0.2, -0.15) is 0 Å². The van der Waals surface area contributed by atoms with Crippen molar-refractivity contribution in [2.75, 3.05) is 20.3 Å². The highest BCUT2D eigenvalue weighted by Gasteiger charge is 2.40. The van der Waals surface area contributed by atoms with E-state index in [-0.39, 0.29) is 23.8 Å². The molecule has 1 fully saturated rings. The number of benzene rings is 1. The van der Waals surface area contributed by atoms with Crippen molar-refractivity contribution in [3.63, 3.8) is 0 Å². The summed E-state index contributed by atoms with van der Waals surface area (Å²) in [6.07, 6.45) is 0.897. The molecule has 0 unspecified atom stereocenters. The van der Waals surface area contributed by atoms with Crippen molar-refractivity contribution in [3.05, 3.63) is 59.0 Å². The van der Waals surface area contributed by atoms with Crippen molar-refractivity contribution in [1.29, 1.82) is 0 Å². The summed E-state index contributed by atoms with van der Waals surface area (Å²) in [5, 5.41) is 2.98. The maximum atomic E-state index is 13.0. The van der Waals surface area contributed by atoms with Gasteiger partial charge in [-0.1, -0.05) is 29.8 Å². The van der Waals surface area contributed by atoms with Gasteiger partial charge in [0.05, 0.1) is 25.1 Å². The van der Waals surface area contributed by atoms with Crippen LogP contribution in [0.3, 0.4) is 0 Å². The van der Waals surface area contributed by atoms with Crippen LogP contribution in [-0.2, 0) is 20.9 Å². The van der Waals surface area contributed by atoms with Crippen LogP contribution in [0.1, 0.15) is 41.5 Å². The van der Waals surface area contributed by atoms with Crippen molar-refractivity contribution in [2.45, 2.75) is 39.3 Å². The summed E-state index contributed by atoms with van der Waals surface area (Å²) in [7, 11) is 1.62. The Morgan fingerprint density at radius 3 is 2.61 bits per heavy atom. The average Bonchev–Trinajstić information content (AvgIpc) is 3.11. The summed E-state index contributed by atoms with van der Waals surface area (Å²) in [5.74, 6) is 1.23. The number of hydrogen-bond acceptors (Lipinski definition) is 4. The average molecular weight is 384 g/mol. The molecule has 1 aromatic carbocycles. The standard InChI is InChI=1S/C22H28N2O4/c1-15-4-7-17(8-5-15)21-19(10-11-20(25)24(21)12-13-27-3)22(26)23-14-18-9-6-16(2)28-18/h4-9,19,21H,10-14H2,1-3H3,(H,23,26)/t19-,21-/m1/s1. The Morgan fingerprint density at radius 1 is 1.21 bits per heavy atom. The summed E-state index contributed by atoms with van der Waals surface area (Å²) in [4.78, 5) is 27.4. The van der Waals surface area contributed by atoms with Gasteiger partial charge in [-0.15, -0.1) is 0 Å². The third-order valence-electron chi connectivity index (χ3n) is 5.23. The van der Waals surface area contributed by atoms with Crippen LogP contribution in [0.15, 0.2) is 40.8 Å². The normalized spacial score (nSPS) is 19.7. The SMILES string of the molecule is COCCN1C(=O)CC[C@@H](C(=O)NCc2ccc(C)o2)[C@H]1c1ccc(C)cc1. The highest BCUT2D eigenvalue weighted by atomic mass is 16.5. The molecule has 150 valence electrons. The van der Waals surface area contributed by atoms with E-state index >= 15 is 0 Å². The fourth-order valence-electron chi connectivity index (χ4n) is 3.74. The number of amides is 2. The molecule has 2 amide bonds. The summed E-state index contributed by atoms with van der Waals surface area (Å²) < 4.78 is 10.7. The lowest BCUT2D eigenvalue weighted by molar-refractivity contribution is -0.144. The minimum absolute atomic E-state index is 0.0606. The van der Waals surface area contributed by atoms with Gasteiger partial charge < -0.3 is 19.4 Å². The van der Waals surface area contributed by atoms with E-state index in [1.54, 1.807) is 12.0 Å². The van der Waals surface area contributed by atoms with Crippen LogP contribution in [-0.4, -0.2) is 37.0 Å². The highest BCUT2D eigenvalue weighted by Crippen LogP contribution is 2.37. The molecule has 1 aromatic heterocycles. The van der Waals surface area contributed by atoms with Crippen LogP contribution in [0.25, 0.3) is 0 Å². The van der Waals surface area contributed by atoms with Crippen LogP contribution in [0.2, 0.25) is 0 Å². The van der Waals surface area contributed by atoms with E-state index in [1.165, 1.54) is 0 Å². The number of carbonyl (C=O) groups excluding carboxylic acids is 2. The lowest BCUT2D eigenvalue weighted by Gasteiger charge is -2.40. The monoisotopic (exact) mass is 384 g/mol. The molecular formula is C22H28N2O4. The summed E-state index contributed by atoms with van der Waals surface area (Å²) in [6.45, 7) is 5.14. The van der Waals surface area contributed by atoms with Gasteiger partial charge in [0.25, 0.3) is 0 Å². The van der Waals surface area contributed by atoms with Gasteiger partial charge in [0.1, 0.15) is 11.5 Å². The summed E-state index contributed by atoms with van der Waals surface area (Å²) in [5.41, 5.74) is 2.12. The largest absolute Gasteiger partial charge is 0.465 e. The number of furan rings is 1. The van der Waals surface area contributed by atoms with Gasteiger partial charge in [0, 0.05) is 20.1 Å². The Balaban J connectivity index is 1.82. The van der Waals surface area contributed by atoms with Crippen molar-refractivity contribution >= 4 is 11.8 Å². The zero-order chi connectivity index (χ0) is 20.1. The zero-order valence-electron chi connectivity index (χ0n) is 16.7. The quantitative estimate of drug-likeness (QED) is 0.796. The Hall–Kier alpha value is -2.60. The Kier molecular flexibility index (Phi) is 6.52. The maximum Gasteiger partial charge on any atom is 0.225 e. The predicted molar refractivity (Wildman–Crippen MR) is 106 cm³/mol. The Bertz CT molecular complexity index is 812. The molecule has 6 nitrogen and oxygen atoms in total. The molecule has 0 saturated carbocycles. The van der Waals surface area contributed by atoms with Crippen molar-refractivity contribution in [2.24, 2.45) is 5.92 Å². The summed E-state index contributed by atoms with van der Waals surface area (Å²) in [6, 6.07) is 11.5. The number of hydrogen-bond donors (Lipinski definition) is 1. The molecule has 2 heterocycles. The van der Waals surface area contributed by atoms with E-state index in [0.29, 0.717) is 32.5 Å². The first-order valence-electron chi connectivity index (χ1n) is 9.67. The molecule has 0 bridgehead atoms. The third-order valence-corrected chi connectivity index (χ3v) is 5.23. The molecule has 1 aliphatic heterocycles. The van der Waals surface area contributed by atoms with E-state index in [1.807, 2.05) is 50.2 Å². The van der Waals surface area contributed by atoms with Crippen LogP contribution >= 0.6 is 0 Å². The highest BCUT2D eigenvalue weighted by molar-refractivity contribution is 5.85. The first-order chi connectivity index (χ1) is 13.5. The molecule has 2 aromatic rings. The molecule has 3 rings (SSSR count). The number of nitrogens with zero attached hydrogens (tertiary/aromatic N) is 1. The van der Waals surface area contributed by atoms with Gasteiger partial charge in [-0.25, -0.2) is 0 Å². The lowest BCUT2D eigenvalue weighted by atomic mass is 9.83. The van der Waals surface area contributed by atoms with Crippen LogP contribution in [0, 0.1) is 19.8 Å². The van der Waals surface area contributed by atoms with E-state index < -0.39 is 0 Å². The van der Waals surface area contributed by atoms with Gasteiger partial charge >= 0.3 is 0 Å². The fraction of sp³-hybridized carbons (Fsp3) is 0.455. The number of aryl methyl sites for hydroxylation is 2. The van der Waals surface area contributed by atoms with Crippen LogP contribution in [0.4, 0.5) is 0 Å². The molecule has 0 aliphatic carbocycles. The van der Waals surface area contributed by atoms with E-state index in [4.69, 9.17) is 9.15 Å². The molecule has 0 radical (unpaired) electrons. The molecule has 28 heavy (non-hydrogen) atoms. The van der Waals surface area contributed by atoms with Crippen molar-refractivity contribution < 1.29 is 18.7 Å². The second kappa shape index (κ2) is 9.06. The molecule has 1 aliphatic rings. The molecule has 0 spiro atoms. The first kappa shape index (κ1) is 20.1. The molecule has 2 atom stereocenters. The number of carbonyl (C=O) groups is 2. The van der Waals surface area contributed by atoms with Gasteiger partial charge in [-0.3, -0.25) is 9.59 Å². The summed E-state index contributed by atoms with van der Waals surface area (Å²) >= 11 is 0. The van der Waals surface area contributed by atoms with E-state index in [9.17, 15) is 9.59 Å². The Morgan fingerprint density at radius 2 is 1.96 bits per heavy atom. The molecule has 6 heteroatoms. The van der Waals surface area contributed by atoms with Crippen LogP contribution < -0.4 is 5.32 Å². The number of piperidine rings is 1. The topological polar surface area (TPSA) is 71.8 Å². The molecule has 1 N–H and O–H groups in total. The minimum Gasteiger partial charge on any atom is -0.465 e. The number of nitrogens with one attached hydrogen (secondary N) is 1. The molecular weight excluding hydrogens is 356 g/mol.